The number of hydrogen-bond acceptors (Lipinski definition) is 6. The van der Waals surface area contributed by atoms with E-state index in [0.29, 0.717) is 39.9 Å². The minimum Gasteiger partial charge on any atom is -0.481 e. The minimum atomic E-state index is -0.816. The maximum atomic E-state index is 11.5. The monoisotopic (exact) mass is 396 g/mol. The highest BCUT2D eigenvalue weighted by atomic mass is 35.5. The van der Waals surface area contributed by atoms with Crippen LogP contribution < -0.4 is 5.32 Å². The van der Waals surface area contributed by atoms with E-state index in [-0.39, 0.29) is 6.04 Å². The first-order valence-electron chi connectivity index (χ1n) is 8.96. The van der Waals surface area contributed by atoms with Gasteiger partial charge in [-0.25, -0.2) is 15.0 Å². The highest BCUT2D eigenvalue weighted by Gasteiger charge is 2.31. The van der Waals surface area contributed by atoms with Crippen LogP contribution in [-0.2, 0) is 4.79 Å². The van der Waals surface area contributed by atoms with Crippen LogP contribution in [-0.4, -0.2) is 37.1 Å². The van der Waals surface area contributed by atoms with Gasteiger partial charge in [0.15, 0.2) is 0 Å². The molecule has 3 aromatic heterocycles. The average Bonchev–Trinajstić information content (AvgIpc) is 3.11. The third-order valence-electron chi connectivity index (χ3n) is 5.06. The van der Waals surface area contributed by atoms with Crippen LogP contribution in [0.25, 0.3) is 22.3 Å². The summed E-state index contributed by atoms with van der Waals surface area (Å²) in [5.74, 6) is -0.993. The Morgan fingerprint density at radius 2 is 2.14 bits per heavy atom. The molecule has 0 spiro atoms. The number of pyridine rings is 1. The summed E-state index contributed by atoms with van der Waals surface area (Å²) in [7, 11) is 0. The zero-order valence-corrected chi connectivity index (χ0v) is 15.6. The van der Waals surface area contributed by atoms with E-state index < -0.39 is 11.9 Å². The number of fused-ring (bicyclic) bond motifs is 1. The van der Waals surface area contributed by atoms with Gasteiger partial charge in [0.1, 0.15) is 11.7 Å². The molecule has 9 heteroatoms. The normalized spacial score (nSPS) is 19.3. The largest absolute Gasteiger partial charge is 0.481 e. The van der Waals surface area contributed by atoms with E-state index in [2.05, 4.69) is 31.3 Å². The van der Waals surface area contributed by atoms with Gasteiger partial charge in [-0.05, 0) is 18.9 Å². The summed E-state index contributed by atoms with van der Waals surface area (Å²) in [6.07, 6.45) is 7.93. The number of rotatable bonds is 4. The predicted molar refractivity (Wildman–Crippen MR) is 104 cm³/mol. The Morgan fingerprint density at radius 1 is 1.32 bits per heavy atom. The third kappa shape index (κ3) is 3.37. The lowest BCUT2D eigenvalue weighted by Crippen LogP contribution is -2.37. The van der Waals surface area contributed by atoms with Crippen molar-refractivity contribution in [3.63, 3.8) is 0 Å². The van der Waals surface area contributed by atoms with Crippen LogP contribution >= 0.6 is 11.6 Å². The van der Waals surface area contributed by atoms with Crippen molar-refractivity contribution in [2.45, 2.75) is 31.7 Å². The number of aromatic amines is 1. The van der Waals surface area contributed by atoms with Crippen molar-refractivity contribution in [2.75, 3.05) is 5.32 Å². The van der Waals surface area contributed by atoms with Crippen LogP contribution in [0, 0.1) is 17.2 Å². The summed E-state index contributed by atoms with van der Waals surface area (Å²) >= 11 is 6.07. The molecule has 1 saturated carbocycles. The molecule has 1 aliphatic rings. The van der Waals surface area contributed by atoms with Crippen LogP contribution in [0.4, 0.5) is 5.95 Å². The second-order valence-corrected chi connectivity index (χ2v) is 7.24. The molecule has 1 fully saturated rings. The molecule has 2 atom stereocenters. The van der Waals surface area contributed by atoms with E-state index in [1.54, 1.807) is 12.3 Å². The van der Waals surface area contributed by atoms with Gasteiger partial charge in [-0.3, -0.25) is 4.79 Å². The SMILES string of the molecule is N#Cc1cnc(N[C@H]2CCCC[C@@H]2C(=O)O)nc1-c1c[nH]c2ncc(Cl)cc12. The number of nitriles is 1. The molecule has 0 aromatic carbocycles. The van der Waals surface area contributed by atoms with Gasteiger partial charge in [0.2, 0.25) is 5.95 Å². The van der Waals surface area contributed by atoms with Crippen molar-refractivity contribution < 1.29 is 9.90 Å². The first-order valence-corrected chi connectivity index (χ1v) is 9.34. The number of aromatic nitrogens is 4. The fourth-order valence-corrected chi connectivity index (χ4v) is 3.84. The number of nitrogens with zero attached hydrogens (tertiary/aromatic N) is 4. The van der Waals surface area contributed by atoms with Crippen molar-refractivity contribution in [3.05, 3.63) is 35.2 Å². The van der Waals surface area contributed by atoms with Crippen LogP contribution in [0.5, 0.6) is 0 Å². The molecule has 8 nitrogen and oxygen atoms in total. The smallest absolute Gasteiger partial charge is 0.308 e. The topological polar surface area (TPSA) is 128 Å². The number of hydrogen-bond donors (Lipinski definition) is 3. The molecule has 0 unspecified atom stereocenters. The first kappa shape index (κ1) is 18.2. The standard InChI is InChI=1S/C19H17ClN6O2/c20-11-5-13-14(9-23-17(13)22-8-11)16-10(6-21)7-24-19(26-16)25-15-4-2-1-3-12(15)18(27)28/h5,7-9,12,15H,1-4H2,(H,22,23)(H,27,28)(H,24,25,26)/t12-,15-/m0/s1. The zero-order valence-electron chi connectivity index (χ0n) is 14.8. The molecule has 0 aliphatic heterocycles. The summed E-state index contributed by atoms with van der Waals surface area (Å²) in [5, 5.41) is 23.3. The molecule has 1 aliphatic carbocycles. The summed E-state index contributed by atoms with van der Waals surface area (Å²) in [6, 6.07) is 3.62. The molecule has 0 amide bonds. The molecule has 0 saturated heterocycles. The fourth-order valence-electron chi connectivity index (χ4n) is 3.68. The summed E-state index contributed by atoms with van der Waals surface area (Å²) < 4.78 is 0. The molecule has 3 aromatic rings. The Bertz CT molecular complexity index is 1090. The van der Waals surface area contributed by atoms with Crippen molar-refractivity contribution in [1.82, 2.24) is 19.9 Å². The highest BCUT2D eigenvalue weighted by Crippen LogP contribution is 2.32. The van der Waals surface area contributed by atoms with E-state index in [0.717, 1.165) is 24.6 Å². The second kappa shape index (κ2) is 7.44. The maximum Gasteiger partial charge on any atom is 0.308 e. The van der Waals surface area contributed by atoms with Crippen LogP contribution in [0.3, 0.4) is 0 Å². The Hall–Kier alpha value is -3.18. The first-order chi connectivity index (χ1) is 13.6. The molecule has 28 heavy (non-hydrogen) atoms. The predicted octanol–water partition coefficient (Wildman–Crippen LogP) is 3.60. The van der Waals surface area contributed by atoms with Gasteiger partial charge in [-0.15, -0.1) is 0 Å². The number of anilines is 1. The molecule has 0 radical (unpaired) electrons. The number of carbonyl (C=O) groups is 1. The van der Waals surface area contributed by atoms with E-state index in [1.807, 2.05) is 0 Å². The van der Waals surface area contributed by atoms with Crippen molar-refractivity contribution >= 4 is 34.6 Å². The fraction of sp³-hybridized carbons (Fsp3) is 0.316. The van der Waals surface area contributed by atoms with Gasteiger partial charge in [0.25, 0.3) is 0 Å². The molecule has 3 N–H and O–H groups in total. The van der Waals surface area contributed by atoms with E-state index >= 15 is 0 Å². The Kier molecular flexibility index (Phi) is 4.84. The lowest BCUT2D eigenvalue weighted by Gasteiger charge is -2.29. The quantitative estimate of drug-likeness (QED) is 0.614. The number of aliphatic carboxylic acids is 1. The Balaban J connectivity index is 1.73. The average molecular weight is 397 g/mol. The number of nitrogens with one attached hydrogen (secondary N) is 2. The summed E-state index contributed by atoms with van der Waals surface area (Å²) in [6.45, 7) is 0. The van der Waals surface area contributed by atoms with Gasteiger partial charge < -0.3 is 15.4 Å². The molecule has 0 bridgehead atoms. The number of carboxylic acid groups (broad SMARTS) is 1. The highest BCUT2D eigenvalue weighted by molar-refractivity contribution is 6.31. The van der Waals surface area contributed by atoms with Crippen LogP contribution in [0.1, 0.15) is 31.2 Å². The lowest BCUT2D eigenvalue weighted by molar-refractivity contribution is -0.143. The van der Waals surface area contributed by atoms with E-state index in [1.165, 1.54) is 12.4 Å². The van der Waals surface area contributed by atoms with Gasteiger partial charge in [-0.2, -0.15) is 5.26 Å². The van der Waals surface area contributed by atoms with Gasteiger partial charge >= 0.3 is 5.97 Å². The van der Waals surface area contributed by atoms with Gasteiger partial charge in [0, 0.05) is 29.4 Å². The van der Waals surface area contributed by atoms with E-state index in [9.17, 15) is 15.2 Å². The van der Waals surface area contributed by atoms with Gasteiger partial charge in [0.05, 0.1) is 28.4 Å². The van der Waals surface area contributed by atoms with Crippen LogP contribution in [0.2, 0.25) is 5.02 Å². The van der Waals surface area contributed by atoms with Crippen molar-refractivity contribution in [1.29, 1.82) is 5.26 Å². The molecular weight excluding hydrogens is 380 g/mol. The summed E-state index contributed by atoms with van der Waals surface area (Å²) in [4.78, 5) is 27.6. The number of halogens is 1. The number of H-pyrrole nitrogens is 1. The third-order valence-corrected chi connectivity index (χ3v) is 5.27. The lowest BCUT2D eigenvalue weighted by atomic mass is 9.84. The Morgan fingerprint density at radius 3 is 2.93 bits per heavy atom. The van der Waals surface area contributed by atoms with Crippen LogP contribution in [0.15, 0.2) is 24.7 Å². The van der Waals surface area contributed by atoms with Crippen molar-refractivity contribution in [3.8, 4) is 17.3 Å². The van der Waals surface area contributed by atoms with E-state index in [4.69, 9.17) is 11.6 Å². The number of carboxylic acids is 1. The zero-order chi connectivity index (χ0) is 19.7. The molecule has 142 valence electrons. The maximum absolute atomic E-state index is 11.5. The molecule has 4 rings (SSSR count). The summed E-state index contributed by atoms with van der Waals surface area (Å²) in [5.41, 5.74) is 2.07. The second-order valence-electron chi connectivity index (χ2n) is 6.80. The minimum absolute atomic E-state index is 0.244. The van der Waals surface area contributed by atoms with Crippen molar-refractivity contribution in [2.24, 2.45) is 5.92 Å². The molecular formula is C19H17ClN6O2. The van der Waals surface area contributed by atoms with Gasteiger partial charge in [-0.1, -0.05) is 24.4 Å². The molecule has 3 heterocycles. The Labute approximate surface area is 165 Å².